The van der Waals surface area contributed by atoms with Gasteiger partial charge < -0.3 is 20.1 Å². The van der Waals surface area contributed by atoms with Crippen molar-refractivity contribution in [2.24, 2.45) is 0 Å². The fourth-order valence-corrected chi connectivity index (χ4v) is 5.11. The summed E-state index contributed by atoms with van der Waals surface area (Å²) < 4.78 is 35.4. The maximum atomic E-state index is 15.1. The van der Waals surface area contributed by atoms with Crippen LogP contribution in [0.2, 0.25) is 0 Å². The van der Waals surface area contributed by atoms with Crippen LogP contribution in [0.15, 0.2) is 42.7 Å². The number of carbonyl (C=O) groups is 1. The van der Waals surface area contributed by atoms with Gasteiger partial charge in [-0.1, -0.05) is 6.07 Å². The van der Waals surface area contributed by atoms with Crippen LogP contribution in [0.4, 0.5) is 25.3 Å². The van der Waals surface area contributed by atoms with Crippen LogP contribution in [-0.4, -0.2) is 54.7 Å². The molecule has 42 heavy (non-hydrogen) atoms. The number of aryl methyl sites for hydroxylation is 1. The summed E-state index contributed by atoms with van der Waals surface area (Å²) in [6.07, 6.45) is 3.22. The third kappa shape index (κ3) is 6.46. The molecule has 1 amide bonds. The van der Waals surface area contributed by atoms with E-state index < -0.39 is 23.3 Å². The standard InChI is InChI=1S/C31H34F2N6O3/c1-17-12-22(18(2)40)23-13-21(14-24(32)28(23)36-17)27-25(33)16-35-29(38-27)37-26-7-6-20(15-34-26)19-8-10-39(11-9-19)30(41)42-31(3,4)5/h6-7,12-16,18-19,40H,8-11H2,1-5H3,(H,34,35,37,38). The number of amides is 1. The Morgan fingerprint density at radius 3 is 2.45 bits per heavy atom. The van der Waals surface area contributed by atoms with E-state index >= 15 is 4.39 Å². The highest BCUT2D eigenvalue weighted by molar-refractivity contribution is 5.88. The highest BCUT2D eigenvalue weighted by Crippen LogP contribution is 2.33. The van der Waals surface area contributed by atoms with Gasteiger partial charge in [0.25, 0.3) is 0 Å². The molecule has 4 heterocycles. The first kappa shape index (κ1) is 29.2. The molecule has 0 spiro atoms. The number of ether oxygens (including phenoxy) is 1. The predicted molar refractivity (Wildman–Crippen MR) is 155 cm³/mol. The number of likely N-dealkylation sites (tertiary alicyclic amines) is 1. The maximum Gasteiger partial charge on any atom is 0.410 e. The zero-order valence-corrected chi connectivity index (χ0v) is 24.3. The predicted octanol–water partition coefficient (Wildman–Crippen LogP) is 6.58. The molecule has 0 radical (unpaired) electrons. The van der Waals surface area contributed by atoms with Gasteiger partial charge in [0, 0.05) is 35.9 Å². The second kappa shape index (κ2) is 11.6. The number of anilines is 2. The van der Waals surface area contributed by atoms with Gasteiger partial charge in [0.1, 0.15) is 28.4 Å². The summed E-state index contributed by atoms with van der Waals surface area (Å²) in [5.74, 6) is -0.556. The number of pyridine rings is 2. The first-order valence-electron chi connectivity index (χ1n) is 13.9. The molecule has 9 nitrogen and oxygen atoms in total. The molecule has 0 saturated carbocycles. The molecule has 11 heteroatoms. The van der Waals surface area contributed by atoms with Crippen LogP contribution in [0.25, 0.3) is 22.2 Å². The Labute approximate surface area is 243 Å². The van der Waals surface area contributed by atoms with E-state index in [1.54, 1.807) is 43.1 Å². The highest BCUT2D eigenvalue weighted by Gasteiger charge is 2.27. The van der Waals surface area contributed by atoms with Crippen molar-refractivity contribution in [1.29, 1.82) is 0 Å². The number of aliphatic hydroxyl groups excluding tert-OH is 1. The first-order valence-corrected chi connectivity index (χ1v) is 13.9. The molecule has 1 saturated heterocycles. The normalized spacial score (nSPS) is 15.1. The number of hydrogen-bond donors (Lipinski definition) is 2. The summed E-state index contributed by atoms with van der Waals surface area (Å²) in [4.78, 5) is 31.2. The van der Waals surface area contributed by atoms with E-state index in [4.69, 9.17) is 4.74 Å². The minimum Gasteiger partial charge on any atom is -0.444 e. The lowest BCUT2D eigenvalue weighted by atomic mass is 9.90. The van der Waals surface area contributed by atoms with Crippen molar-refractivity contribution in [2.45, 2.75) is 65.1 Å². The molecule has 220 valence electrons. The summed E-state index contributed by atoms with van der Waals surface area (Å²) in [6.45, 7) is 10.1. The van der Waals surface area contributed by atoms with Gasteiger partial charge in [0.2, 0.25) is 5.95 Å². The number of aromatic nitrogens is 4. The van der Waals surface area contributed by atoms with Gasteiger partial charge in [0.15, 0.2) is 5.82 Å². The molecule has 1 atom stereocenters. The molecular weight excluding hydrogens is 542 g/mol. The molecule has 1 aromatic carbocycles. The summed E-state index contributed by atoms with van der Waals surface area (Å²) in [5, 5.41) is 13.6. The Balaban J connectivity index is 1.31. The second-order valence-electron chi connectivity index (χ2n) is 11.6. The number of carbonyl (C=O) groups excluding carboxylic acids is 1. The van der Waals surface area contributed by atoms with E-state index in [0.29, 0.717) is 35.6 Å². The summed E-state index contributed by atoms with van der Waals surface area (Å²) >= 11 is 0. The van der Waals surface area contributed by atoms with Crippen molar-refractivity contribution in [2.75, 3.05) is 18.4 Å². The highest BCUT2D eigenvalue weighted by atomic mass is 19.1. The van der Waals surface area contributed by atoms with Gasteiger partial charge in [-0.3, -0.25) is 4.98 Å². The van der Waals surface area contributed by atoms with Crippen LogP contribution in [0.1, 0.15) is 69.4 Å². The first-order chi connectivity index (χ1) is 19.9. The number of fused-ring (bicyclic) bond motifs is 1. The van der Waals surface area contributed by atoms with Gasteiger partial charge in [-0.05, 0) is 88.8 Å². The van der Waals surface area contributed by atoms with E-state index in [0.717, 1.165) is 24.6 Å². The van der Waals surface area contributed by atoms with E-state index in [1.807, 2.05) is 26.8 Å². The van der Waals surface area contributed by atoms with Crippen molar-refractivity contribution in [3.63, 3.8) is 0 Å². The third-order valence-corrected chi connectivity index (χ3v) is 7.14. The Kier molecular flexibility index (Phi) is 8.05. The zero-order valence-electron chi connectivity index (χ0n) is 24.3. The molecule has 1 unspecified atom stereocenters. The Hall–Kier alpha value is -4.25. The van der Waals surface area contributed by atoms with E-state index in [1.165, 1.54) is 6.07 Å². The van der Waals surface area contributed by atoms with E-state index in [2.05, 4.69) is 25.3 Å². The fourth-order valence-electron chi connectivity index (χ4n) is 5.11. The number of nitrogens with zero attached hydrogens (tertiary/aromatic N) is 5. The van der Waals surface area contributed by atoms with Crippen molar-refractivity contribution in [3.8, 4) is 11.3 Å². The topological polar surface area (TPSA) is 113 Å². The number of nitrogens with one attached hydrogen (secondary N) is 1. The molecule has 1 aliphatic rings. The summed E-state index contributed by atoms with van der Waals surface area (Å²) in [6, 6.07) is 8.18. The Bertz CT molecular complexity index is 1610. The van der Waals surface area contributed by atoms with Gasteiger partial charge in [0.05, 0.1) is 12.3 Å². The maximum absolute atomic E-state index is 15.1. The second-order valence-corrected chi connectivity index (χ2v) is 11.6. The average molecular weight is 577 g/mol. The number of hydrogen-bond acceptors (Lipinski definition) is 8. The molecule has 3 aromatic heterocycles. The number of aliphatic hydroxyl groups is 1. The molecular formula is C31H34F2N6O3. The van der Waals surface area contributed by atoms with Crippen LogP contribution < -0.4 is 5.32 Å². The molecule has 1 fully saturated rings. The quantitative estimate of drug-likeness (QED) is 0.274. The largest absolute Gasteiger partial charge is 0.444 e. The minimum absolute atomic E-state index is 0.0932. The van der Waals surface area contributed by atoms with Gasteiger partial charge in [-0.25, -0.2) is 28.5 Å². The molecule has 0 aliphatic carbocycles. The van der Waals surface area contributed by atoms with E-state index in [9.17, 15) is 14.3 Å². The van der Waals surface area contributed by atoms with Crippen LogP contribution in [0, 0.1) is 18.6 Å². The molecule has 4 aromatic rings. The SMILES string of the molecule is Cc1cc(C(C)O)c2cc(-c3nc(Nc4ccc(C5CCN(C(=O)OC(C)(C)C)CC5)cn4)ncc3F)cc(F)c2n1. The van der Waals surface area contributed by atoms with Gasteiger partial charge in [-0.15, -0.1) is 0 Å². The smallest absolute Gasteiger partial charge is 0.410 e. The lowest BCUT2D eigenvalue weighted by Crippen LogP contribution is -2.41. The zero-order chi connectivity index (χ0) is 30.2. The van der Waals surface area contributed by atoms with Crippen molar-refractivity contribution >= 4 is 28.8 Å². The number of benzene rings is 1. The lowest BCUT2D eigenvalue weighted by molar-refractivity contribution is 0.0204. The Morgan fingerprint density at radius 1 is 1.07 bits per heavy atom. The minimum atomic E-state index is -0.872. The molecule has 1 aliphatic heterocycles. The van der Waals surface area contributed by atoms with Crippen molar-refractivity contribution in [3.05, 3.63) is 71.2 Å². The van der Waals surface area contributed by atoms with E-state index in [-0.39, 0.29) is 34.7 Å². The lowest BCUT2D eigenvalue weighted by Gasteiger charge is -2.33. The van der Waals surface area contributed by atoms with Gasteiger partial charge >= 0.3 is 6.09 Å². The molecule has 2 N–H and O–H groups in total. The summed E-state index contributed by atoms with van der Waals surface area (Å²) in [7, 11) is 0. The van der Waals surface area contributed by atoms with Gasteiger partial charge in [-0.2, -0.15) is 0 Å². The van der Waals surface area contributed by atoms with Crippen molar-refractivity contribution < 1.29 is 23.4 Å². The van der Waals surface area contributed by atoms with Crippen molar-refractivity contribution in [1.82, 2.24) is 24.8 Å². The summed E-state index contributed by atoms with van der Waals surface area (Å²) in [5.41, 5.74) is 1.77. The molecule has 0 bridgehead atoms. The third-order valence-electron chi connectivity index (χ3n) is 7.14. The average Bonchev–Trinajstić information content (AvgIpc) is 2.93. The monoisotopic (exact) mass is 576 g/mol. The fraction of sp³-hybridized carbons (Fsp3) is 0.387. The van der Waals surface area contributed by atoms with Crippen LogP contribution in [-0.2, 0) is 4.74 Å². The molecule has 5 rings (SSSR count). The number of rotatable bonds is 5. The van der Waals surface area contributed by atoms with Crippen LogP contribution >= 0.6 is 0 Å². The van der Waals surface area contributed by atoms with Crippen LogP contribution in [0.5, 0.6) is 0 Å². The van der Waals surface area contributed by atoms with Crippen LogP contribution in [0.3, 0.4) is 0 Å². The number of piperidine rings is 1. The Morgan fingerprint density at radius 2 is 1.81 bits per heavy atom. The number of halogens is 2.